The molecule has 6 rings (SSSR count). The summed E-state index contributed by atoms with van der Waals surface area (Å²) in [7, 11) is 0. The van der Waals surface area contributed by atoms with Crippen molar-refractivity contribution in [3.05, 3.63) is 144 Å². The van der Waals surface area contributed by atoms with Gasteiger partial charge in [0.2, 0.25) is 23.6 Å². The van der Waals surface area contributed by atoms with Gasteiger partial charge in [0.25, 0.3) is 0 Å². The molecule has 764 valence electrons. The van der Waals surface area contributed by atoms with Crippen LogP contribution in [0, 0.1) is 28.6 Å². The Labute approximate surface area is 812 Å². The van der Waals surface area contributed by atoms with E-state index in [1.165, 1.54) is 148 Å². The summed E-state index contributed by atoms with van der Waals surface area (Å²) in [4.78, 5) is 51.7. The largest absolute Gasteiger partial charge is 0.394 e. The van der Waals surface area contributed by atoms with Crippen LogP contribution in [0.3, 0.4) is 0 Å². The molecular formula is C113H190N4O17. The van der Waals surface area contributed by atoms with E-state index >= 15 is 0 Å². The number of ether oxygens (including phenoxy) is 8. The van der Waals surface area contributed by atoms with E-state index in [1.807, 2.05) is 114 Å². The van der Waals surface area contributed by atoms with Crippen LogP contribution in [0.1, 0.15) is 394 Å². The van der Waals surface area contributed by atoms with E-state index in [1.54, 1.807) is 0 Å². The molecule has 21 heteroatoms. The lowest BCUT2D eigenvalue weighted by Gasteiger charge is -2.44. The van der Waals surface area contributed by atoms with Crippen molar-refractivity contribution in [1.82, 2.24) is 21.3 Å². The van der Waals surface area contributed by atoms with Crippen molar-refractivity contribution >= 4 is 23.6 Å². The fourth-order valence-corrected chi connectivity index (χ4v) is 17.7. The summed E-state index contributed by atoms with van der Waals surface area (Å²) < 4.78 is 51.9. The minimum absolute atomic E-state index is 0.0180. The number of carbonyl (C=O) groups is 4. The molecule has 0 spiro atoms. The minimum Gasteiger partial charge on any atom is -0.394 e. The van der Waals surface area contributed by atoms with Gasteiger partial charge in [-0.2, -0.15) is 0 Å². The second kappa shape index (κ2) is 73.4. The Morgan fingerprint density at radius 3 is 1.09 bits per heavy atom. The molecule has 4 aromatic rings. The summed E-state index contributed by atoms with van der Waals surface area (Å²) in [6, 6.07) is 39.3. The van der Waals surface area contributed by atoms with Gasteiger partial charge in [0.1, 0.15) is 36.6 Å². The van der Waals surface area contributed by atoms with Crippen molar-refractivity contribution in [1.29, 1.82) is 0 Å². The molecule has 0 aliphatic carbocycles. The first-order valence-electron chi connectivity index (χ1n) is 53.5. The van der Waals surface area contributed by atoms with Gasteiger partial charge in [0.05, 0.1) is 83.3 Å². The lowest BCUT2D eigenvalue weighted by molar-refractivity contribution is -0.303. The molecule has 2 fully saturated rings. The van der Waals surface area contributed by atoms with Crippen molar-refractivity contribution in [3.63, 3.8) is 0 Å². The van der Waals surface area contributed by atoms with Gasteiger partial charge in [0, 0.05) is 42.7 Å². The van der Waals surface area contributed by atoms with Gasteiger partial charge in [-0.1, -0.05) is 441 Å². The Balaban J connectivity index is 0.000000485. The number of hydrogen-bond donors (Lipinski definition) is 9. The predicted molar refractivity (Wildman–Crippen MR) is 542 cm³/mol. The number of benzene rings is 4. The maximum atomic E-state index is 14.2. The van der Waals surface area contributed by atoms with Gasteiger partial charge in [-0.05, 0) is 72.6 Å². The molecule has 2 heterocycles. The fourth-order valence-electron chi connectivity index (χ4n) is 17.7. The molecule has 0 aromatic heterocycles. The van der Waals surface area contributed by atoms with Crippen LogP contribution in [-0.2, 0) is 83.5 Å². The lowest BCUT2D eigenvalue weighted by atomic mass is 9.79. The Morgan fingerprint density at radius 1 is 0.366 bits per heavy atom. The molecule has 2 aliphatic rings. The number of carbonyl (C=O) groups excluding carboxylic acids is 4. The third-order valence-corrected chi connectivity index (χ3v) is 27.0. The number of amides is 4. The lowest BCUT2D eigenvalue weighted by Crippen LogP contribution is -2.60. The van der Waals surface area contributed by atoms with Crippen molar-refractivity contribution < 1.29 is 82.6 Å². The molecule has 0 bridgehead atoms. The molecule has 4 aromatic carbocycles. The molecule has 2 saturated heterocycles. The van der Waals surface area contributed by atoms with Crippen LogP contribution in [0.25, 0.3) is 0 Å². The highest BCUT2D eigenvalue weighted by Gasteiger charge is 2.46. The van der Waals surface area contributed by atoms with Crippen LogP contribution in [-0.4, -0.2) is 168 Å². The highest BCUT2D eigenvalue weighted by molar-refractivity contribution is 5.81. The molecule has 21 nitrogen and oxygen atoms in total. The highest BCUT2D eigenvalue weighted by Crippen LogP contribution is 2.37. The number of aliphatic hydroxyl groups is 5. The molecule has 0 saturated carbocycles. The third-order valence-electron chi connectivity index (χ3n) is 27.0. The first kappa shape index (κ1) is 119. The Kier molecular flexibility index (Phi) is 65.0. The number of aliphatic hydroxyl groups excluding tert-OH is 5. The fraction of sp³-hybridized carbons (Fsp3) is 0.752. The van der Waals surface area contributed by atoms with Crippen LogP contribution in [0.2, 0.25) is 0 Å². The molecule has 2 aliphatic heterocycles. The smallest absolute Gasteiger partial charge is 0.225 e. The van der Waals surface area contributed by atoms with Gasteiger partial charge in [-0.15, -0.1) is 0 Å². The molecule has 16 atom stereocenters. The van der Waals surface area contributed by atoms with Gasteiger partial charge in [-0.25, -0.2) is 0 Å². The Hall–Kier alpha value is -5.76. The van der Waals surface area contributed by atoms with E-state index in [0.717, 1.165) is 157 Å². The summed E-state index contributed by atoms with van der Waals surface area (Å²) >= 11 is 0. The molecule has 9 N–H and O–H groups in total. The van der Waals surface area contributed by atoms with E-state index in [0.29, 0.717) is 51.6 Å². The van der Waals surface area contributed by atoms with E-state index in [4.69, 9.17) is 37.9 Å². The second-order valence-corrected chi connectivity index (χ2v) is 41.0. The first-order valence-corrected chi connectivity index (χ1v) is 53.5. The minimum atomic E-state index is -1.61. The number of rotatable bonds is 76. The predicted octanol–water partition coefficient (Wildman–Crippen LogP) is 23.1. The molecule has 0 radical (unpaired) electrons. The number of hydrogen-bond acceptors (Lipinski definition) is 17. The summed E-state index contributed by atoms with van der Waals surface area (Å²) in [5.41, 5.74) is 3.59. The van der Waals surface area contributed by atoms with Gasteiger partial charge >= 0.3 is 0 Å². The Morgan fingerprint density at radius 2 is 0.694 bits per heavy atom. The summed E-state index contributed by atoms with van der Waals surface area (Å²) in [6.45, 7) is 25.9. The van der Waals surface area contributed by atoms with Crippen LogP contribution >= 0.6 is 0 Å². The molecule has 134 heavy (non-hydrogen) atoms. The summed E-state index contributed by atoms with van der Waals surface area (Å²) in [5.74, 6) is 0.734. The third kappa shape index (κ3) is 53.0. The van der Waals surface area contributed by atoms with Crippen LogP contribution in [0.5, 0.6) is 0 Å². The zero-order chi connectivity index (χ0) is 97.1. The van der Waals surface area contributed by atoms with Crippen LogP contribution < -0.4 is 21.3 Å². The van der Waals surface area contributed by atoms with Crippen molar-refractivity contribution in [2.24, 2.45) is 28.6 Å². The van der Waals surface area contributed by atoms with Crippen molar-refractivity contribution in [3.8, 4) is 0 Å². The standard InChI is InChI=1S/C65H104N2O7.C48H86N2O10/c1-8-9-10-11-12-13-14-15-17-20-23-35-44-59(71-48-56-40-31-27-32-41-56)62(72-49-57-42-33-28-34-43-57)58(67-61(68)45-36-24-21-18-16-19-22-25-37-46-66-64(69)65(5,6)7)50-73-63-54(4)52(2)53(3)60(74-63)51-70-47-55-38-29-26-30-39-55;1-5-6-7-8-9-10-11-12-14-17-20-26-31-39(58-35-37-29-24-23-25-30-37)42(53)38(36-59-46-45(56)44(55)43(54)40(34-51)60-46)50-41(52)32-27-21-18-15-13-16-19-22-28-33-49-47(57)48(2,3)4/h26-34,38-43,52-54,58-60,62-63H,8-25,35-37,44-51H2,1-7H3,(H,66,69)(H,67,68);23-25,29-30,38-40,42-46,51,53-56H,5-22,26-28,31-36H2,1-4H3,(H,49,57)(H,50,52)/t52-,53+,54?,58-,59+,60?,62-,63-;38-,39+,40?,42-,43-,44-,45?,46-/m00/s1. The highest BCUT2D eigenvalue weighted by atomic mass is 16.7. The monoisotopic (exact) mass is 1880 g/mol. The zero-order valence-electron chi connectivity index (χ0n) is 85.5. The van der Waals surface area contributed by atoms with Crippen molar-refractivity contribution in [2.75, 3.05) is 39.5 Å². The van der Waals surface area contributed by atoms with E-state index < -0.39 is 74.0 Å². The van der Waals surface area contributed by atoms with Gasteiger partial charge in [-0.3, -0.25) is 19.2 Å². The van der Waals surface area contributed by atoms with Crippen molar-refractivity contribution in [2.45, 2.75) is 478 Å². The molecular weight excluding hydrogens is 1690 g/mol. The maximum absolute atomic E-state index is 14.2. The molecule has 4 unspecified atom stereocenters. The maximum Gasteiger partial charge on any atom is 0.225 e. The second-order valence-electron chi connectivity index (χ2n) is 41.0. The van der Waals surface area contributed by atoms with E-state index in [9.17, 15) is 44.7 Å². The number of unbranched alkanes of at least 4 members (excludes halogenated alkanes) is 38. The topological polar surface area (TPSA) is 291 Å². The zero-order valence-corrected chi connectivity index (χ0v) is 85.5. The van der Waals surface area contributed by atoms with Gasteiger partial charge < -0.3 is 84.7 Å². The summed E-state index contributed by atoms with van der Waals surface area (Å²) in [6.07, 6.45) is 40.6. The van der Waals surface area contributed by atoms with Crippen LogP contribution in [0.15, 0.2) is 121 Å². The quantitative estimate of drug-likeness (QED) is 0.0186. The molecule has 4 amide bonds. The van der Waals surface area contributed by atoms with E-state index in [-0.39, 0.29) is 84.7 Å². The SMILES string of the molecule is CCCCCCCCCCCCCC[C@@H](OCc1ccccc1)[C@@H](O)[C@H](CO[C@H]1OC(CO)[C@H](O)[C@H](O)C1O)NC(=O)CCCCCCCCCCCNC(=O)C(C)(C)C.CCCCCCCCCCCCCC[C@@H](OCc1ccccc1)[C@@H](OCc1ccccc1)[C@H](CO[C@H]1OC(COCc2ccccc2)[C@H](C)[C@H](C)C1C)NC(=O)CCCCCCCCCCCNC(=O)C(C)(C)C. The summed E-state index contributed by atoms with van der Waals surface area (Å²) in [5, 5.41) is 65.4. The average molecular weight is 1880 g/mol. The first-order chi connectivity index (χ1) is 64.8. The Bertz CT molecular complexity index is 3500. The van der Waals surface area contributed by atoms with E-state index in [2.05, 4.69) is 104 Å². The van der Waals surface area contributed by atoms with Gasteiger partial charge in [0.15, 0.2) is 12.6 Å². The average Bonchev–Trinajstić information content (AvgIpc) is 0.816. The van der Waals surface area contributed by atoms with Crippen LogP contribution in [0.4, 0.5) is 0 Å². The number of nitrogens with one attached hydrogen (secondary N) is 4. The normalized spacial score (nSPS) is 20.0.